The second-order valence-corrected chi connectivity index (χ2v) is 7.55. The van der Waals surface area contributed by atoms with Gasteiger partial charge in [-0.25, -0.2) is 0 Å². The summed E-state index contributed by atoms with van der Waals surface area (Å²) in [5, 5.41) is 17.2. The summed E-state index contributed by atoms with van der Waals surface area (Å²) in [6.45, 7) is 0.373. The lowest BCUT2D eigenvalue weighted by Crippen LogP contribution is -2.36. The molecule has 3 aromatic carbocycles. The Morgan fingerprint density at radius 2 is 1.45 bits per heavy atom. The first-order chi connectivity index (χ1) is 16.1. The van der Waals surface area contributed by atoms with E-state index in [1.165, 1.54) is 15.9 Å². The lowest BCUT2D eigenvalue weighted by Gasteiger charge is -2.18. The summed E-state index contributed by atoms with van der Waals surface area (Å²) in [7, 11) is 1.69. The highest BCUT2D eigenvalue weighted by atomic mass is 16.2. The molecule has 4 aromatic rings. The van der Waals surface area contributed by atoms with Crippen molar-refractivity contribution in [3.05, 3.63) is 96.1 Å². The van der Waals surface area contributed by atoms with E-state index in [1.807, 2.05) is 36.4 Å². The maximum atomic E-state index is 12.3. The Balaban J connectivity index is 1.32. The third-order valence-electron chi connectivity index (χ3n) is 5.24. The van der Waals surface area contributed by atoms with Crippen molar-refractivity contribution in [2.45, 2.75) is 12.3 Å². The Morgan fingerprint density at radius 3 is 2.00 bits per heavy atom. The summed E-state index contributed by atoms with van der Waals surface area (Å²) in [5.41, 5.74) is 3.60. The predicted octanol–water partition coefficient (Wildman–Crippen LogP) is 3.15. The van der Waals surface area contributed by atoms with E-state index in [0.717, 1.165) is 5.56 Å². The fourth-order valence-electron chi connectivity index (χ4n) is 3.60. The van der Waals surface area contributed by atoms with Gasteiger partial charge in [-0.15, -0.1) is 10.2 Å². The highest BCUT2D eigenvalue weighted by Crippen LogP contribution is 2.27. The van der Waals surface area contributed by atoms with E-state index in [9.17, 15) is 9.59 Å². The summed E-state index contributed by atoms with van der Waals surface area (Å²) < 4.78 is 0. The van der Waals surface area contributed by atoms with E-state index in [-0.39, 0.29) is 5.92 Å². The van der Waals surface area contributed by atoms with Gasteiger partial charge < -0.3 is 10.6 Å². The lowest BCUT2D eigenvalue weighted by atomic mass is 9.88. The van der Waals surface area contributed by atoms with E-state index in [4.69, 9.17) is 0 Å². The summed E-state index contributed by atoms with van der Waals surface area (Å²) >= 11 is 0. The van der Waals surface area contributed by atoms with Crippen LogP contribution in [0.5, 0.6) is 0 Å². The third-order valence-corrected chi connectivity index (χ3v) is 5.24. The number of anilines is 1. The van der Waals surface area contributed by atoms with Crippen LogP contribution in [0.4, 0.5) is 5.69 Å². The number of hydrogen-bond acceptors (Lipinski definition) is 5. The van der Waals surface area contributed by atoms with Gasteiger partial charge in [-0.05, 0) is 47.0 Å². The van der Waals surface area contributed by atoms with Crippen LogP contribution in [-0.4, -0.2) is 38.6 Å². The summed E-state index contributed by atoms with van der Waals surface area (Å²) in [6, 6.07) is 27.2. The van der Waals surface area contributed by atoms with Gasteiger partial charge in [-0.2, -0.15) is 4.80 Å². The highest BCUT2D eigenvalue weighted by molar-refractivity contribution is 6.39. The van der Waals surface area contributed by atoms with Gasteiger partial charge in [0.25, 0.3) is 0 Å². The first-order valence-electron chi connectivity index (χ1n) is 10.6. The molecule has 0 radical (unpaired) electrons. The summed E-state index contributed by atoms with van der Waals surface area (Å²) in [5.74, 6) is -0.775. The largest absolute Gasteiger partial charge is 0.348 e. The van der Waals surface area contributed by atoms with E-state index in [0.29, 0.717) is 24.5 Å². The van der Waals surface area contributed by atoms with Crippen molar-refractivity contribution < 1.29 is 9.59 Å². The van der Waals surface area contributed by atoms with Crippen LogP contribution in [0.3, 0.4) is 0 Å². The molecule has 4 rings (SSSR count). The van der Waals surface area contributed by atoms with Crippen LogP contribution < -0.4 is 10.6 Å². The van der Waals surface area contributed by atoms with Gasteiger partial charge in [0.15, 0.2) is 0 Å². The fraction of sp³-hybridized carbons (Fsp3) is 0.160. The number of benzene rings is 3. The Labute approximate surface area is 191 Å². The molecular weight excluding hydrogens is 416 g/mol. The molecular formula is C25H24N6O2. The number of carbonyl (C=O) groups is 2. The third kappa shape index (κ3) is 5.68. The minimum Gasteiger partial charge on any atom is -0.348 e. The second-order valence-electron chi connectivity index (χ2n) is 7.55. The number of nitrogens with one attached hydrogen (secondary N) is 2. The normalized spacial score (nSPS) is 10.7. The van der Waals surface area contributed by atoms with Gasteiger partial charge in [0, 0.05) is 23.7 Å². The van der Waals surface area contributed by atoms with Gasteiger partial charge in [0.1, 0.15) is 0 Å². The molecule has 0 aliphatic heterocycles. The van der Waals surface area contributed by atoms with E-state index >= 15 is 0 Å². The van der Waals surface area contributed by atoms with Gasteiger partial charge in [-0.3, -0.25) is 9.59 Å². The predicted molar refractivity (Wildman–Crippen MR) is 125 cm³/mol. The number of amides is 2. The van der Waals surface area contributed by atoms with Crippen LogP contribution in [0, 0.1) is 0 Å². The quantitative estimate of drug-likeness (QED) is 0.430. The average Bonchev–Trinajstić information content (AvgIpc) is 3.29. The number of hydrogen-bond donors (Lipinski definition) is 2. The molecule has 0 unspecified atom stereocenters. The molecule has 0 saturated heterocycles. The molecule has 1 aromatic heterocycles. The second kappa shape index (κ2) is 10.3. The molecule has 0 aliphatic rings. The van der Waals surface area contributed by atoms with Crippen molar-refractivity contribution in [1.82, 2.24) is 25.5 Å². The van der Waals surface area contributed by atoms with Crippen molar-refractivity contribution >= 4 is 17.5 Å². The average molecular weight is 441 g/mol. The molecule has 1 heterocycles. The molecule has 33 heavy (non-hydrogen) atoms. The number of aryl methyl sites for hydroxylation is 1. The number of tetrazole rings is 1. The molecule has 166 valence electrons. The van der Waals surface area contributed by atoms with E-state index in [2.05, 4.69) is 50.3 Å². The van der Waals surface area contributed by atoms with Gasteiger partial charge in [0.05, 0.1) is 7.05 Å². The van der Waals surface area contributed by atoms with Crippen LogP contribution in [0.15, 0.2) is 84.9 Å². The zero-order chi connectivity index (χ0) is 23.0. The summed E-state index contributed by atoms with van der Waals surface area (Å²) in [4.78, 5) is 26.0. The van der Waals surface area contributed by atoms with Crippen LogP contribution in [0.2, 0.25) is 0 Å². The first-order valence-corrected chi connectivity index (χ1v) is 10.6. The highest BCUT2D eigenvalue weighted by Gasteiger charge is 2.17. The Bertz CT molecular complexity index is 1170. The van der Waals surface area contributed by atoms with Gasteiger partial charge in [-0.1, -0.05) is 60.7 Å². The first kappa shape index (κ1) is 21.9. The minimum atomic E-state index is -0.712. The maximum absolute atomic E-state index is 12.3. The molecule has 0 atom stereocenters. The molecule has 0 aliphatic carbocycles. The summed E-state index contributed by atoms with van der Waals surface area (Å²) in [6.07, 6.45) is 0.673. The molecule has 2 amide bonds. The lowest BCUT2D eigenvalue weighted by molar-refractivity contribution is -0.136. The topological polar surface area (TPSA) is 102 Å². The van der Waals surface area contributed by atoms with Crippen molar-refractivity contribution in [3.8, 4) is 11.4 Å². The Morgan fingerprint density at radius 1 is 0.848 bits per heavy atom. The Hall–Kier alpha value is -4.33. The van der Waals surface area contributed by atoms with Crippen molar-refractivity contribution in [3.63, 3.8) is 0 Å². The van der Waals surface area contributed by atoms with Crippen LogP contribution in [0.1, 0.15) is 23.5 Å². The van der Waals surface area contributed by atoms with E-state index < -0.39 is 11.8 Å². The van der Waals surface area contributed by atoms with Crippen LogP contribution >= 0.6 is 0 Å². The van der Waals surface area contributed by atoms with E-state index in [1.54, 1.807) is 31.3 Å². The smallest absolute Gasteiger partial charge is 0.313 e. The molecule has 0 spiro atoms. The Kier molecular flexibility index (Phi) is 6.84. The van der Waals surface area contributed by atoms with Crippen LogP contribution in [0.25, 0.3) is 11.4 Å². The molecule has 2 N–H and O–H groups in total. The fourth-order valence-corrected chi connectivity index (χ4v) is 3.60. The zero-order valence-electron chi connectivity index (χ0n) is 18.2. The molecule has 0 saturated carbocycles. The minimum absolute atomic E-state index is 0.123. The van der Waals surface area contributed by atoms with Crippen molar-refractivity contribution in [2.24, 2.45) is 7.05 Å². The van der Waals surface area contributed by atoms with Gasteiger partial charge >= 0.3 is 11.8 Å². The molecule has 8 nitrogen and oxygen atoms in total. The molecule has 8 heteroatoms. The van der Waals surface area contributed by atoms with Gasteiger partial charge in [0.2, 0.25) is 5.82 Å². The monoisotopic (exact) mass is 440 g/mol. The number of nitrogens with zero attached hydrogens (tertiary/aromatic N) is 4. The number of rotatable bonds is 7. The zero-order valence-corrected chi connectivity index (χ0v) is 18.2. The molecule has 0 fully saturated rings. The standard InChI is InChI=1S/C25H24N6O2/c1-31-29-23(28-30-31)20-12-14-21(15-13-20)27-25(33)24(32)26-17-16-22(18-8-4-2-5-9-18)19-10-6-3-7-11-19/h2-15,22H,16-17H2,1H3,(H,26,32)(H,27,33). The molecule has 0 bridgehead atoms. The number of carbonyl (C=O) groups excluding carboxylic acids is 2. The maximum Gasteiger partial charge on any atom is 0.313 e. The number of aromatic nitrogens is 4. The van der Waals surface area contributed by atoms with Crippen molar-refractivity contribution in [1.29, 1.82) is 0 Å². The van der Waals surface area contributed by atoms with Crippen molar-refractivity contribution in [2.75, 3.05) is 11.9 Å². The SMILES string of the molecule is Cn1nnc(-c2ccc(NC(=O)C(=O)NCCC(c3ccccc3)c3ccccc3)cc2)n1. The van der Waals surface area contributed by atoms with Crippen LogP contribution in [-0.2, 0) is 16.6 Å².